The first-order valence-electron chi connectivity index (χ1n) is 26.0. The average Bonchev–Trinajstić information content (AvgIpc) is 3.65. The van der Waals surface area contributed by atoms with E-state index in [1.54, 1.807) is 0 Å². The number of hydrogen-bond donors (Lipinski definition) is 0. The van der Waals surface area contributed by atoms with Gasteiger partial charge in [0.25, 0.3) is 6.71 Å². The first-order valence-corrected chi connectivity index (χ1v) is 26.8. The van der Waals surface area contributed by atoms with E-state index in [1.165, 1.54) is 128 Å². The second kappa shape index (κ2) is 15.7. The van der Waals surface area contributed by atoms with Gasteiger partial charge in [0.1, 0.15) is 0 Å². The molecule has 0 atom stereocenters. The minimum Gasteiger partial charge on any atom is -0.311 e. The van der Waals surface area contributed by atoms with E-state index in [2.05, 4.69) is 238 Å². The summed E-state index contributed by atoms with van der Waals surface area (Å²) >= 11 is 2.04. The Bertz CT molecular complexity index is 3190. The summed E-state index contributed by atoms with van der Waals surface area (Å²) < 4.78 is 2.80. The van der Waals surface area contributed by atoms with Gasteiger partial charge in [-0.05, 0) is 156 Å². The lowest BCUT2D eigenvalue weighted by Crippen LogP contribution is -2.61. The molecule has 3 aliphatic rings. The van der Waals surface area contributed by atoms with Gasteiger partial charge in [-0.25, -0.2) is 0 Å². The van der Waals surface area contributed by atoms with Crippen molar-refractivity contribution in [3.8, 4) is 11.1 Å². The molecule has 0 fully saturated rings. The molecule has 2 aliphatic heterocycles. The van der Waals surface area contributed by atoms with Gasteiger partial charge in [0.05, 0.1) is 11.4 Å². The van der Waals surface area contributed by atoms with E-state index in [0.29, 0.717) is 0 Å². The van der Waals surface area contributed by atoms with Crippen LogP contribution >= 0.6 is 11.3 Å². The lowest BCUT2D eigenvalue weighted by molar-refractivity contribution is 0.332. The quantitative estimate of drug-likeness (QED) is 0.162. The molecule has 1 aliphatic carbocycles. The van der Waals surface area contributed by atoms with Crippen molar-refractivity contribution < 1.29 is 0 Å². The number of aryl methyl sites for hydroxylation is 2. The molecule has 2 nitrogen and oxygen atoms in total. The standard InChI is InChI=1S/C65H77BN2S/c1-19-40-33-39(2)56-55-57(40)68(52-36-44(62(9,10)11)35-49(63(12,13)14)54(52)41-23-21-20-22-24-41)58-46-34-43(61(6,7)8)27-30-53(46)69-59(58)66(55)50-37-47-48(65(17,18)32-31-64(47,15)16)38-51(50)67(56)45-28-25-42(26-29-45)60(3,4)5/h20-30,33-38H,19,31-32H2,1-18H3. The summed E-state index contributed by atoms with van der Waals surface area (Å²) in [5, 5.41) is 1.36. The van der Waals surface area contributed by atoms with Crippen molar-refractivity contribution >= 4 is 78.0 Å². The Labute approximate surface area is 420 Å². The Kier molecular flexibility index (Phi) is 10.8. The van der Waals surface area contributed by atoms with Gasteiger partial charge in [-0.15, -0.1) is 11.3 Å². The van der Waals surface area contributed by atoms with Crippen LogP contribution < -0.4 is 25.5 Å². The van der Waals surface area contributed by atoms with E-state index in [0.717, 1.165) is 6.42 Å². The minimum atomic E-state index is -0.132. The highest BCUT2D eigenvalue weighted by atomic mass is 32.1. The fraction of sp³-hybridized carbons (Fsp3) is 0.415. The Hall–Kier alpha value is -5.06. The second-order valence-corrected chi connectivity index (χ2v) is 27.6. The topological polar surface area (TPSA) is 6.48 Å². The molecular weight excluding hydrogens is 852 g/mol. The lowest BCUT2D eigenvalue weighted by atomic mass is 9.35. The minimum absolute atomic E-state index is 0.0159. The van der Waals surface area contributed by atoms with Gasteiger partial charge in [0, 0.05) is 43.2 Å². The molecule has 0 N–H and O–H groups in total. The predicted molar refractivity (Wildman–Crippen MR) is 305 cm³/mol. The van der Waals surface area contributed by atoms with E-state index >= 15 is 0 Å². The Morgan fingerprint density at radius 3 is 1.74 bits per heavy atom. The van der Waals surface area contributed by atoms with Crippen LogP contribution in [0.4, 0.5) is 34.1 Å². The molecule has 10 rings (SSSR count). The number of rotatable bonds is 4. The highest BCUT2D eigenvalue weighted by Gasteiger charge is 2.49. The number of thiophene rings is 1. The molecule has 1 aromatic heterocycles. The van der Waals surface area contributed by atoms with Crippen LogP contribution in [0.25, 0.3) is 21.2 Å². The number of fused-ring (bicyclic) bond motifs is 7. The molecule has 69 heavy (non-hydrogen) atoms. The van der Waals surface area contributed by atoms with Gasteiger partial charge < -0.3 is 9.80 Å². The van der Waals surface area contributed by atoms with Crippen LogP contribution in [-0.4, -0.2) is 6.71 Å². The molecule has 0 saturated heterocycles. The highest BCUT2D eigenvalue weighted by molar-refractivity contribution is 7.33. The molecule has 0 amide bonds. The molecule has 0 unspecified atom stereocenters. The summed E-state index contributed by atoms with van der Waals surface area (Å²) in [6, 6.07) is 41.4. The molecule has 3 heterocycles. The third kappa shape index (κ3) is 7.64. The SMILES string of the molecule is CCc1cc(C)c2c3c1N(c1cc(C(C)(C)C)cc(C(C)(C)C)c1-c1ccccc1)c1c(sc4ccc(C(C)(C)C)cc14)B3c1cc3c(cc1N2c1ccc(C(C)(C)C)cc1)C(C)(C)CCC3(C)C. The maximum absolute atomic E-state index is 2.82. The van der Waals surface area contributed by atoms with Gasteiger partial charge >= 0.3 is 0 Å². The monoisotopic (exact) mass is 929 g/mol. The molecular formula is C65H77BN2S. The molecule has 6 aromatic carbocycles. The van der Waals surface area contributed by atoms with Gasteiger partial charge in [-0.3, -0.25) is 0 Å². The highest BCUT2D eigenvalue weighted by Crippen LogP contribution is 2.56. The molecule has 0 bridgehead atoms. The number of benzene rings is 6. The fourth-order valence-corrected chi connectivity index (χ4v) is 13.4. The maximum Gasteiger partial charge on any atom is 0.264 e. The van der Waals surface area contributed by atoms with Crippen LogP contribution in [-0.2, 0) is 38.9 Å². The Morgan fingerprint density at radius 2 is 1.16 bits per heavy atom. The van der Waals surface area contributed by atoms with Crippen molar-refractivity contribution in [2.24, 2.45) is 0 Å². The third-order valence-corrected chi connectivity index (χ3v) is 17.6. The summed E-state index contributed by atoms with van der Waals surface area (Å²) in [5.74, 6) is 0. The number of hydrogen-bond acceptors (Lipinski definition) is 3. The summed E-state index contributed by atoms with van der Waals surface area (Å²) in [4.78, 5) is 5.51. The van der Waals surface area contributed by atoms with Crippen LogP contribution in [0, 0.1) is 6.92 Å². The van der Waals surface area contributed by atoms with Crippen LogP contribution in [0.3, 0.4) is 0 Å². The Balaban J connectivity index is 1.43. The zero-order valence-corrected chi connectivity index (χ0v) is 46.1. The van der Waals surface area contributed by atoms with Crippen molar-refractivity contribution in [2.45, 2.75) is 176 Å². The first kappa shape index (κ1) is 47.6. The van der Waals surface area contributed by atoms with Gasteiger partial charge in [0.2, 0.25) is 0 Å². The van der Waals surface area contributed by atoms with E-state index in [-0.39, 0.29) is 39.2 Å². The van der Waals surface area contributed by atoms with Crippen molar-refractivity contribution in [3.05, 3.63) is 148 Å². The van der Waals surface area contributed by atoms with Gasteiger partial charge in [-0.2, -0.15) is 0 Å². The molecule has 356 valence electrons. The molecule has 0 radical (unpaired) electrons. The lowest BCUT2D eigenvalue weighted by Gasteiger charge is -2.48. The molecule has 0 spiro atoms. The second-order valence-electron chi connectivity index (χ2n) is 26.5. The largest absolute Gasteiger partial charge is 0.311 e. The number of anilines is 6. The maximum atomic E-state index is 2.82. The van der Waals surface area contributed by atoms with Crippen molar-refractivity contribution in [2.75, 3.05) is 9.80 Å². The van der Waals surface area contributed by atoms with Crippen LogP contribution in [0.2, 0.25) is 0 Å². The van der Waals surface area contributed by atoms with Crippen LogP contribution in [0.5, 0.6) is 0 Å². The van der Waals surface area contributed by atoms with Crippen molar-refractivity contribution in [1.82, 2.24) is 0 Å². The zero-order chi connectivity index (χ0) is 49.7. The first-order chi connectivity index (χ1) is 32.1. The van der Waals surface area contributed by atoms with E-state index < -0.39 is 0 Å². The normalized spacial score (nSPS) is 16.3. The van der Waals surface area contributed by atoms with Crippen molar-refractivity contribution in [3.63, 3.8) is 0 Å². The van der Waals surface area contributed by atoms with Crippen LogP contribution in [0.1, 0.15) is 175 Å². The average molecular weight is 929 g/mol. The third-order valence-electron chi connectivity index (χ3n) is 16.4. The number of nitrogens with zero attached hydrogens (tertiary/aromatic N) is 2. The predicted octanol–water partition coefficient (Wildman–Crippen LogP) is 17.1. The summed E-state index contributed by atoms with van der Waals surface area (Å²) in [7, 11) is 0. The summed E-state index contributed by atoms with van der Waals surface area (Å²) in [6.07, 6.45) is 3.27. The van der Waals surface area contributed by atoms with Crippen LogP contribution in [0.15, 0.2) is 103 Å². The van der Waals surface area contributed by atoms with Crippen molar-refractivity contribution in [1.29, 1.82) is 0 Å². The van der Waals surface area contributed by atoms with Gasteiger partial charge in [-0.1, -0.05) is 184 Å². The van der Waals surface area contributed by atoms with Gasteiger partial charge in [0.15, 0.2) is 0 Å². The van der Waals surface area contributed by atoms with E-state index in [1.807, 2.05) is 11.3 Å². The van der Waals surface area contributed by atoms with E-state index in [4.69, 9.17) is 0 Å². The summed E-state index contributed by atoms with van der Waals surface area (Å²) in [6.45, 7) is 43.3. The fourth-order valence-electron chi connectivity index (χ4n) is 12.1. The summed E-state index contributed by atoms with van der Waals surface area (Å²) in [5.41, 5.74) is 24.5. The molecule has 7 aromatic rings. The molecule has 0 saturated carbocycles. The Morgan fingerprint density at radius 1 is 0.565 bits per heavy atom. The molecule has 4 heteroatoms. The zero-order valence-electron chi connectivity index (χ0n) is 45.3. The van der Waals surface area contributed by atoms with E-state index in [9.17, 15) is 0 Å². The smallest absolute Gasteiger partial charge is 0.264 e.